The lowest BCUT2D eigenvalue weighted by Crippen LogP contribution is -2.25. The Kier molecular flexibility index (Phi) is 7.94. The number of methoxy groups -OCH3 is 3. The molecule has 0 aromatic heterocycles. The van der Waals surface area contributed by atoms with Crippen molar-refractivity contribution in [1.82, 2.24) is 5.32 Å². The summed E-state index contributed by atoms with van der Waals surface area (Å²) in [7, 11) is 4.71. The predicted molar refractivity (Wildman–Crippen MR) is 106 cm³/mol. The van der Waals surface area contributed by atoms with Crippen molar-refractivity contribution in [2.24, 2.45) is 0 Å². The third kappa shape index (κ3) is 5.47. The number of halogens is 1. The average Bonchev–Trinajstić information content (AvgIpc) is 2.67. The van der Waals surface area contributed by atoms with E-state index in [2.05, 4.69) is 5.32 Å². The van der Waals surface area contributed by atoms with Crippen LogP contribution in [0.1, 0.15) is 11.1 Å². The van der Waals surface area contributed by atoms with E-state index in [0.29, 0.717) is 35.3 Å². The molecule has 2 aromatic rings. The van der Waals surface area contributed by atoms with Gasteiger partial charge in [-0.3, -0.25) is 4.79 Å². The van der Waals surface area contributed by atoms with Crippen LogP contribution in [-0.2, 0) is 17.1 Å². The van der Waals surface area contributed by atoms with Gasteiger partial charge in [0.15, 0.2) is 11.5 Å². The molecule has 0 saturated heterocycles. The third-order valence-electron chi connectivity index (χ3n) is 3.71. The SMILES string of the molecule is COc1cc(OC)c(OC)cc1CNC(=O)CSCc1ccccc1Cl. The van der Waals surface area contributed by atoms with Crippen LogP contribution in [0.2, 0.25) is 5.02 Å². The number of benzene rings is 2. The van der Waals surface area contributed by atoms with E-state index in [1.54, 1.807) is 33.5 Å². The number of hydrogen-bond donors (Lipinski definition) is 1. The number of carbonyl (C=O) groups excluding carboxylic acids is 1. The van der Waals surface area contributed by atoms with E-state index in [1.165, 1.54) is 11.8 Å². The first-order chi connectivity index (χ1) is 12.6. The Hall–Kier alpha value is -2.05. The summed E-state index contributed by atoms with van der Waals surface area (Å²) in [5, 5.41) is 3.61. The monoisotopic (exact) mass is 395 g/mol. The fourth-order valence-electron chi connectivity index (χ4n) is 2.34. The molecule has 140 valence electrons. The molecule has 5 nitrogen and oxygen atoms in total. The van der Waals surface area contributed by atoms with Crippen molar-refractivity contribution in [3.05, 3.63) is 52.5 Å². The van der Waals surface area contributed by atoms with E-state index in [-0.39, 0.29) is 5.91 Å². The Morgan fingerprint density at radius 2 is 1.65 bits per heavy atom. The summed E-state index contributed by atoms with van der Waals surface area (Å²) in [5.74, 6) is 2.78. The standard InChI is InChI=1S/C19H22ClNO4S/c1-23-16-9-18(25-3)17(24-2)8-14(16)10-21-19(22)12-26-11-13-6-4-5-7-15(13)20/h4-9H,10-12H2,1-3H3,(H,21,22). The van der Waals surface area contributed by atoms with Gasteiger partial charge < -0.3 is 19.5 Å². The van der Waals surface area contributed by atoms with Gasteiger partial charge in [-0.15, -0.1) is 11.8 Å². The maximum absolute atomic E-state index is 12.1. The molecule has 0 bridgehead atoms. The van der Waals surface area contributed by atoms with Crippen molar-refractivity contribution >= 4 is 29.3 Å². The molecule has 0 heterocycles. The fourth-order valence-corrected chi connectivity index (χ4v) is 3.49. The minimum Gasteiger partial charge on any atom is -0.496 e. The van der Waals surface area contributed by atoms with E-state index < -0.39 is 0 Å². The van der Waals surface area contributed by atoms with E-state index in [4.69, 9.17) is 25.8 Å². The topological polar surface area (TPSA) is 56.8 Å². The highest BCUT2D eigenvalue weighted by molar-refractivity contribution is 7.99. The molecule has 0 aliphatic rings. The van der Waals surface area contributed by atoms with Crippen LogP contribution in [0.5, 0.6) is 17.2 Å². The van der Waals surface area contributed by atoms with Crippen LogP contribution in [0.25, 0.3) is 0 Å². The van der Waals surface area contributed by atoms with Crippen LogP contribution in [0.4, 0.5) is 0 Å². The van der Waals surface area contributed by atoms with E-state index in [0.717, 1.165) is 16.1 Å². The lowest BCUT2D eigenvalue weighted by molar-refractivity contribution is -0.118. The Balaban J connectivity index is 1.89. The normalized spacial score (nSPS) is 10.3. The number of ether oxygens (including phenoxy) is 3. The van der Waals surface area contributed by atoms with Crippen molar-refractivity contribution in [2.45, 2.75) is 12.3 Å². The van der Waals surface area contributed by atoms with Gasteiger partial charge in [-0.2, -0.15) is 0 Å². The second-order valence-electron chi connectivity index (χ2n) is 5.38. The van der Waals surface area contributed by atoms with Crippen molar-refractivity contribution < 1.29 is 19.0 Å². The number of amides is 1. The van der Waals surface area contributed by atoms with Gasteiger partial charge in [-0.05, 0) is 17.7 Å². The Morgan fingerprint density at radius 3 is 2.31 bits per heavy atom. The zero-order valence-electron chi connectivity index (χ0n) is 15.0. The number of carbonyl (C=O) groups is 1. The zero-order chi connectivity index (χ0) is 18.9. The van der Waals surface area contributed by atoms with Crippen molar-refractivity contribution in [3.63, 3.8) is 0 Å². The average molecular weight is 396 g/mol. The van der Waals surface area contributed by atoms with Crippen molar-refractivity contribution in [1.29, 1.82) is 0 Å². The summed E-state index contributed by atoms with van der Waals surface area (Å²) in [6.45, 7) is 0.342. The molecule has 0 saturated carbocycles. The first-order valence-electron chi connectivity index (χ1n) is 7.95. The van der Waals surface area contributed by atoms with Gasteiger partial charge in [-0.1, -0.05) is 29.8 Å². The van der Waals surface area contributed by atoms with E-state index >= 15 is 0 Å². The molecule has 0 fully saturated rings. The van der Waals surface area contributed by atoms with Gasteiger partial charge in [0, 0.05) is 29.0 Å². The van der Waals surface area contributed by atoms with Gasteiger partial charge in [0.2, 0.25) is 5.91 Å². The molecule has 26 heavy (non-hydrogen) atoms. The molecule has 0 aliphatic carbocycles. The highest BCUT2D eigenvalue weighted by Crippen LogP contribution is 2.34. The van der Waals surface area contributed by atoms with Gasteiger partial charge in [0.25, 0.3) is 0 Å². The summed E-state index contributed by atoms with van der Waals surface area (Å²) in [5.41, 5.74) is 1.84. The molecule has 0 radical (unpaired) electrons. The molecule has 0 atom stereocenters. The summed E-state index contributed by atoms with van der Waals surface area (Å²) in [6, 6.07) is 11.2. The van der Waals surface area contributed by atoms with Crippen LogP contribution < -0.4 is 19.5 Å². The van der Waals surface area contributed by atoms with Crippen molar-refractivity contribution in [2.75, 3.05) is 27.1 Å². The van der Waals surface area contributed by atoms with E-state index in [1.807, 2.05) is 24.3 Å². The summed E-state index contributed by atoms with van der Waals surface area (Å²) in [6.07, 6.45) is 0. The lowest BCUT2D eigenvalue weighted by atomic mass is 10.1. The molecule has 1 N–H and O–H groups in total. The van der Waals surface area contributed by atoms with Gasteiger partial charge in [0.05, 0.1) is 27.1 Å². The smallest absolute Gasteiger partial charge is 0.230 e. The molecule has 0 unspecified atom stereocenters. The Bertz CT molecular complexity index is 754. The van der Waals surface area contributed by atoms with Crippen molar-refractivity contribution in [3.8, 4) is 17.2 Å². The number of rotatable bonds is 9. The highest BCUT2D eigenvalue weighted by atomic mass is 35.5. The molecular weight excluding hydrogens is 374 g/mol. The number of nitrogens with one attached hydrogen (secondary N) is 1. The molecule has 7 heteroatoms. The minimum atomic E-state index is -0.0566. The molecular formula is C19H22ClNO4S. The van der Waals surface area contributed by atoms with Crippen LogP contribution in [-0.4, -0.2) is 33.0 Å². The van der Waals surface area contributed by atoms with Crippen LogP contribution in [0, 0.1) is 0 Å². The minimum absolute atomic E-state index is 0.0566. The summed E-state index contributed by atoms with van der Waals surface area (Å²) >= 11 is 7.63. The third-order valence-corrected chi connectivity index (χ3v) is 5.06. The van der Waals surface area contributed by atoms with Gasteiger partial charge in [0.1, 0.15) is 5.75 Å². The molecule has 2 aromatic carbocycles. The maximum Gasteiger partial charge on any atom is 0.230 e. The van der Waals surface area contributed by atoms with E-state index in [9.17, 15) is 4.79 Å². The predicted octanol–water partition coefficient (Wildman–Crippen LogP) is 3.92. The second kappa shape index (κ2) is 10.2. The van der Waals surface area contributed by atoms with Crippen LogP contribution >= 0.6 is 23.4 Å². The van der Waals surface area contributed by atoms with Crippen LogP contribution in [0.3, 0.4) is 0 Å². The zero-order valence-corrected chi connectivity index (χ0v) is 16.6. The Morgan fingerprint density at radius 1 is 1.00 bits per heavy atom. The maximum atomic E-state index is 12.1. The lowest BCUT2D eigenvalue weighted by Gasteiger charge is -2.14. The summed E-state index contributed by atoms with van der Waals surface area (Å²) < 4.78 is 15.9. The van der Waals surface area contributed by atoms with Gasteiger partial charge in [-0.25, -0.2) is 0 Å². The highest BCUT2D eigenvalue weighted by Gasteiger charge is 2.13. The second-order valence-corrected chi connectivity index (χ2v) is 6.77. The molecule has 0 aliphatic heterocycles. The number of thioether (sulfide) groups is 1. The largest absolute Gasteiger partial charge is 0.496 e. The first-order valence-corrected chi connectivity index (χ1v) is 9.49. The number of hydrogen-bond acceptors (Lipinski definition) is 5. The van der Waals surface area contributed by atoms with Crippen LogP contribution in [0.15, 0.2) is 36.4 Å². The first kappa shape index (κ1) is 20.3. The quantitative estimate of drug-likeness (QED) is 0.697. The molecule has 2 rings (SSSR count). The fraction of sp³-hybridized carbons (Fsp3) is 0.316. The Labute approximate surface area is 163 Å². The summed E-state index contributed by atoms with van der Waals surface area (Å²) in [4.78, 5) is 12.1. The van der Waals surface area contributed by atoms with Gasteiger partial charge >= 0.3 is 0 Å². The molecule has 0 spiro atoms. The molecule has 1 amide bonds.